The van der Waals surface area contributed by atoms with Crippen LogP contribution >= 0.6 is 0 Å². The molecule has 0 spiro atoms. The number of hydrogen-bond acceptors (Lipinski definition) is 5. The first-order valence-electron chi connectivity index (χ1n) is 6.40. The zero-order chi connectivity index (χ0) is 15.2. The van der Waals surface area contributed by atoms with Crippen molar-refractivity contribution in [2.24, 2.45) is 0 Å². The standard InChI is InChI=1S/C14H15N3O4/c1-10(19)15-14-12(9-18)17(16-21-14)8-7-11-5-3-4-6-13(11)20-2/h3-6,9H,7-8H2,1-2H3/p+1. The number of amides is 1. The molecule has 7 heteroatoms. The highest BCUT2D eigenvalue weighted by molar-refractivity contribution is 5.91. The van der Waals surface area contributed by atoms with Crippen LogP contribution in [-0.2, 0) is 17.8 Å². The molecule has 0 aliphatic carbocycles. The van der Waals surface area contributed by atoms with E-state index >= 15 is 0 Å². The van der Waals surface area contributed by atoms with E-state index in [9.17, 15) is 9.59 Å². The number of ether oxygens (including phenoxy) is 1. The Kier molecular flexibility index (Phi) is 4.65. The van der Waals surface area contributed by atoms with E-state index in [-0.39, 0.29) is 17.5 Å². The second-order valence-electron chi connectivity index (χ2n) is 4.37. The zero-order valence-corrected chi connectivity index (χ0v) is 11.8. The van der Waals surface area contributed by atoms with Gasteiger partial charge in [-0.25, -0.2) is 0 Å². The lowest BCUT2D eigenvalue weighted by Gasteiger charge is -2.04. The molecule has 1 aromatic carbocycles. The number of para-hydroxylation sites is 1. The van der Waals surface area contributed by atoms with Crippen molar-refractivity contribution in [2.75, 3.05) is 12.4 Å². The van der Waals surface area contributed by atoms with E-state index < -0.39 is 0 Å². The van der Waals surface area contributed by atoms with Gasteiger partial charge < -0.3 is 4.74 Å². The van der Waals surface area contributed by atoms with Crippen LogP contribution in [0.25, 0.3) is 0 Å². The number of anilines is 1. The third-order valence-electron chi connectivity index (χ3n) is 2.93. The summed E-state index contributed by atoms with van der Waals surface area (Å²) in [7, 11) is 1.60. The summed E-state index contributed by atoms with van der Waals surface area (Å²) in [4.78, 5) is 22.1. The minimum Gasteiger partial charge on any atom is -0.496 e. The molecule has 7 nitrogen and oxygen atoms in total. The van der Waals surface area contributed by atoms with Gasteiger partial charge in [0.1, 0.15) is 5.75 Å². The highest BCUT2D eigenvalue weighted by atomic mass is 16.5. The smallest absolute Gasteiger partial charge is 0.337 e. The molecule has 0 atom stereocenters. The molecule has 1 heterocycles. The van der Waals surface area contributed by atoms with E-state index in [4.69, 9.17) is 9.26 Å². The van der Waals surface area contributed by atoms with Crippen molar-refractivity contribution < 1.29 is 23.5 Å². The molecule has 0 saturated heterocycles. The quantitative estimate of drug-likeness (QED) is 0.633. The molecule has 0 fully saturated rings. The van der Waals surface area contributed by atoms with E-state index in [1.54, 1.807) is 7.11 Å². The van der Waals surface area contributed by atoms with E-state index in [2.05, 4.69) is 10.6 Å². The zero-order valence-electron chi connectivity index (χ0n) is 11.8. The molecule has 1 N–H and O–H groups in total. The second kappa shape index (κ2) is 6.65. The molecule has 110 valence electrons. The van der Waals surface area contributed by atoms with Gasteiger partial charge in [0.25, 0.3) is 0 Å². The van der Waals surface area contributed by atoms with E-state index in [1.807, 2.05) is 24.3 Å². The van der Waals surface area contributed by atoms with Crippen molar-refractivity contribution >= 4 is 18.1 Å². The van der Waals surface area contributed by atoms with Gasteiger partial charge in [0, 0.05) is 18.9 Å². The summed E-state index contributed by atoms with van der Waals surface area (Å²) in [6.07, 6.45) is 1.21. The third-order valence-corrected chi connectivity index (χ3v) is 2.93. The summed E-state index contributed by atoms with van der Waals surface area (Å²) >= 11 is 0. The molecular weight excluding hydrogens is 274 g/mol. The van der Waals surface area contributed by atoms with Crippen molar-refractivity contribution in [2.45, 2.75) is 19.9 Å². The number of aldehydes is 1. The SMILES string of the molecule is COc1ccccc1CC[n+]1noc(NC(C)=O)c1C=O. The maximum absolute atomic E-state index is 11.1. The first-order chi connectivity index (χ1) is 10.2. The predicted octanol–water partition coefficient (Wildman–Crippen LogP) is 0.984. The molecule has 0 saturated carbocycles. The van der Waals surface area contributed by atoms with Crippen LogP contribution in [0.15, 0.2) is 28.8 Å². The fourth-order valence-corrected chi connectivity index (χ4v) is 1.96. The Labute approximate surface area is 121 Å². The summed E-state index contributed by atoms with van der Waals surface area (Å²) in [5.41, 5.74) is 1.19. The fraction of sp³-hybridized carbons (Fsp3) is 0.286. The molecule has 2 aromatic rings. The Hall–Kier alpha value is -2.70. The maximum Gasteiger partial charge on any atom is 0.337 e. The normalized spacial score (nSPS) is 10.2. The minimum absolute atomic E-state index is 0.0533. The molecule has 0 aliphatic rings. The molecule has 0 radical (unpaired) electrons. The molecule has 2 rings (SSSR count). The second-order valence-corrected chi connectivity index (χ2v) is 4.37. The fourth-order valence-electron chi connectivity index (χ4n) is 1.96. The van der Waals surface area contributed by atoms with Gasteiger partial charge in [0.2, 0.25) is 17.5 Å². The van der Waals surface area contributed by atoms with Crippen LogP contribution in [-0.4, -0.2) is 24.6 Å². The van der Waals surface area contributed by atoms with E-state index in [0.717, 1.165) is 11.3 Å². The Morgan fingerprint density at radius 2 is 2.24 bits per heavy atom. The summed E-state index contributed by atoms with van der Waals surface area (Å²) in [5, 5.41) is 6.19. The number of rotatable bonds is 6. The van der Waals surface area contributed by atoms with Crippen LogP contribution < -0.4 is 14.7 Å². The Morgan fingerprint density at radius 1 is 1.48 bits per heavy atom. The highest BCUT2D eigenvalue weighted by Crippen LogP contribution is 2.17. The molecule has 0 aliphatic heterocycles. The highest BCUT2D eigenvalue weighted by Gasteiger charge is 2.25. The minimum atomic E-state index is -0.328. The van der Waals surface area contributed by atoms with Gasteiger partial charge in [0.05, 0.1) is 7.11 Å². The molecule has 1 amide bonds. The van der Waals surface area contributed by atoms with Crippen LogP contribution in [0.1, 0.15) is 23.0 Å². The number of nitrogens with zero attached hydrogens (tertiary/aromatic N) is 2. The van der Waals surface area contributed by atoms with Crippen LogP contribution in [0, 0.1) is 0 Å². The molecule has 21 heavy (non-hydrogen) atoms. The van der Waals surface area contributed by atoms with Crippen LogP contribution in [0.4, 0.5) is 5.88 Å². The lowest BCUT2D eigenvalue weighted by atomic mass is 10.1. The van der Waals surface area contributed by atoms with Crippen molar-refractivity contribution in [3.8, 4) is 5.75 Å². The number of carbonyl (C=O) groups is 2. The van der Waals surface area contributed by atoms with Gasteiger partial charge in [-0.3, -0.25) is 19.4 Å². The monoisotopic (exact) mass is 290 g/mol. The van der Waals surface area contributed by atoms with Crippen molar-refractivity contribution in [1.29, 1.82) is 0 Å². The number of carbonyl (C=O) groups excluding carboxylic acids is 2. The Bertz CT molecular complexity index is 651. The molecular formula is C14H16N3O4+. The lowest BCUT2D eigenvalue weighted by Crippen LogP contribution is -2.40. The van der Waals surface area contributed by atoms with Crippen LogP contribution in [0.2, 0.25) is 0 Å². The van der Waals surface area contributed by atoms with Crippen molar-refractivity contribution in [3.63, 3.8) is 0 Å². The average Bonchev–Trinajstić information content (AvgIpc) is 2.86. The summed E-state index contributed by atoms with van der Waals surface area (Å²) in [6.45, 7) is 1.76. The first kappa shape index (κ1) is 14.7. The van der Waals surface area contributed by atoms with E-state index in [0.29, 0.717) is 19.3 Å². The third kappa shape index (κ3) is 3.44. The lowest BCUT2D eigenvalue weighted by molar-refractivity contribution is -0.762. The number of hydrogen-bond donors (Lipinski definition) is 1. The molecule has 0 bridgehead atoms. The number of aromatic nitrogens is 2. The summed E-state index contributed by atoms with van der Waals surface area (Å²) < 4.78 is 11.6. The number of benzene rings is 1. The van der Waals surface area contributed by atoms with E-state index in [1.165, 1.54) is 11.6 Å². The maximum atomic E-state index is 11.1. The van der Waals surface area contributed by atoms with Crippen LogP contribution in [0.5, 0.6) is 5.75 Å². The summed E-state index contributed by atoms with van der Waals surface area (Å²) in [6, 6.07) is 7.60. The number of methoxy groups -OCH3 is 1. The number of aryl methyl sites for hydroxylation is 2. The Morgan fingerprint density at radius 3 is 2.90 bits per heavy atom. The van der Waals surface area contributed by atoms with Gasteiger partial charge in [-0.2, -0.15) is 0 Å². The van der Waals surface area contributed by atoms with Crippen molar-refractivity contribution in [1.82, 2.24) is 5.27 Å². The number of nitrogens with one attached hydrogen (secondary N) is 1. The Balaban J connectivity index is 2.15. The average molecular weight is 290 g/mol. The van der Waals surface area contributed by atoms with Crippen molar-refractivity contribution in [3.05, 3.63) is 35.5 Å². The topological polar surface area (TPSA) is 85.3 Å². The van der Waals surface area contributed by atoms with Gasteiger partial charge in [-0.1, -0.05) is 18.2 Å². The predicted molar refractivity (Wildman–Crippen MR) is 73.1 cm³/mol. The first-order valence-corrected chi connectivity index (χ1v) is 6.40. The molecule has 0 unspecified atom stereocenters. The largest absolute Gasteiger partial charge is 0.496 e. The molecule has 1 aromatic heterocycles. The van der Waals surface area contributed by atoms with Crippen LogP contribution in [0.3, 0.4) is 0 Å². The van der Waals surface area contributed by atoms with Gasteiger partial charge >= 0.3 is 11.6 Å². The van der Waals surface area contributed by atoms with Gasteiger partial charge in [-0.05, 0) is 10.7 Å². The van der Waals surface area contributed by atoms with Gasteiger partial charge in [0.15, 0.2) is 6.54 Å². The van der Waals surface area contributed by atoms with Gasteiger partial charge in [-0.15, -0.1) is 0 Å². The summed E-state index contributed by atoms with van der Waals surface area (Å²) in [5.74, 6) is 0.500.